The molecule has 1 aliphatic heterocycles. The minimum absolute atomic E-state index is 0.425. The molecule has 1 unspecified atom stereocenters. The monoisotopic (exact) mass is 431 g/mol. The van der Waals surface area contributed by atoms with E-state index < -0.39 is 17.4 Å². The zero-order valence-electron chi connectivity index (χ0n) is 20.2. The van der Waals surface area contributed by atoms with Gasteiger partial charge in [0.2, 0.25) is 5.72 Å². The van der Waals surface area contributed by atoms with Gasteiger partial charge in [0.05, 0.1) is 0 Å². The van der Waals surface area contributed by atoms with Crippen LogP contribution in [0.25, 0.3) is 0 Å². The molecular formula is C27H45NO3. The number of benzene rings is 1. The first-order valence-corrected chi connectivity index (χ1v) is 12.7. The highest BCUT2D eigenvalue weighted by Crippen LogP contribution is 2.44. The molecule has 1 heterocycles. The van der Waals surface area contributed by atoms with Crippen molar-refractivity contribution >= 4 is 6.09 Å². The van der Waals surface area contributed by atoms with E-state index in [2.05, 4.69) is 6.92 Å². The molecule has 1 N–H and O–H groups in total. The highest BCUT2D eigenvalue weighted by molar-refractivity contribution is 5.72. The Bertz CT molecular complexity index is 631. The minimum Gasteiger partial charge on any atom is -0.438 e. The number of carbonyl (C=O) groups is 1. The van der Waals surface area contributed by atoms with E-state index >= 15 is 0 Å². The van der Waals surface area contributed by atoms with Gasteiger partial charge < -0.3 is 9.84 Å². The summed E-state index contributed by atoms with van der Waals surface area (Å²) >= 11 is 0. The van der Waals surface area contributed by atoms with E-state index in [1.54, 1.807) is 13.8 Å². The number of ether oxygens (including phenoxy) is 1. The molecule has 1 amide bonds. The van der Waals surface area contributed by atoms with E-state index in [0.717, 1.165) is 12.8 Å². The van der Waals surface area contributed by atoms with E-state index in [0.29, 0.717) is 12.1 Å². The van der Waals surface area contributed by atoms with Crippen LogP contribution in [0, 0.1) is 0 Å². The lowest BCUT2D eigenvalue weighted by Gasteiger charge is -2.38. The summed E-state index contributed by atoms with van der Waals surface area (Å²) < 4.78 is 5.54. The van der Waals surface area contributed by atoms with Crippen molar-refractivity contribution in [3.05, 3.63) is 35.9 Å². The molecule has 1 saturated heterocycles. The zero-order valence-corrected chi connectivity index (χ0v) is 20.2. The SMILES string of the molecule is CCCCCCCCCCCCCCCCN1C(=O)OC(C)(C)C1(O)c1ccccc1. The summed E-state index contributed by atoms with van der Waals surface area (Å²) in [5, 5.41) is 11.5. The molecule has 31 heavy (non-hydrogen) atoms. The molecule has 1 fully saturated rings. The smallest absolute Gasteiger partial charge is 0.413 e. The summed E-state index contributed by atoms with van der Waals surface area (Å²) in [6, 6.07) is 9.41. The Morgan fingerprint density at radius 3 is 1.71 bits per heavy atom. The third kappa shape index (κ3) is 7.24. The van der Waals surface area contributed by atoms with Gasteiger partial charge in [0.1, 0.15) is 0 Å². The van der Waals surface area contributed by atoms with Gasteiger partial charge in [0, 0.05) is 12.1 Å². The van der Waals surface area contributed by atoms with Gasteiger partial charge in [-0.1, -0.05) is 121 Å². The van der Waals surface area contributed by atoms with Gasteiger partial charge in [0.15, 0.2) is 5.60 Å². The molecule has 0 bridgehead atoms. The van der Waals surface area contributed by atoms with Crippen LogP contribution in [0.4, 0.5) is 4.79 Å². The molecule has 0 aromatic heterocycles. The zero-order chi connectivity index (χ0) is 22.6. The second-order valence-electron chi connectivity index (χ2n) is 9.66. The lowest BCUT2D eigenvalue weighted by atomic mass is 9.87. The third-order valence-corrected chi connectivity index (χ3v) is 6.70. The first-order chi connectivity index (χ1) is 14.9. The van der Waals surface area contributed by atoms with Crippen LogP contribution in [0.15, 0.2) is 30.3 Å². The summed E-state index contributed by atoms with van der Waals surface area (Å²) in [7, 11) is 0. The molecule has 176 valence electrons. The molecular weight excluding hydrogens is 386 g/mol. The van der Waals surface area contributed by atoms with Crippen molar-refractivity contribution in [3.8, 4) is 0 Å². The van der Waals surface area contributed by atoms with Crippen LogP contribution in [0.5, 0.6) is 0 Å². The Morgan fingerprint density at radius 1 is 0.774 bits per heavy atom. The van der Waals surface area contributed by atoms with Crippen LogP contribution >= 0.6 is 0 Å². The normalized spacial score (nSPS) is 20.3. The fourth-order valence-corrected chi connectivity index (χ4v) is 4.69. The summed E-state index contributed by atoms with van der Waals surface area (Å²) in [5.74, 6) is 0. The van der Waals surface area contributed by atoms with Crippen LogP contribution in [0.1, 0.15) is 116 Å². The first kappa shape index (κ1) is 25.7. The lowest BCUT2D eigenvalue weighted by molar-refractivity contribution is -0.149. The van der Waals surface area contributed by atoms with Crippen molar-refractivity contribution < 1.29 is 14.6 Å². The number of cyclic esters (lactones) is 1. The number of hydrogen-bond acceptors (Lipinski definition) is 3. The Morgan fingerprint density at radius 2 is 1.23 bits per heavy atom. The topological polar surface area (TPSA) is 49.8 Å². The number of hydrogen-bond donors (Lipinski definition) is 1. The van der Waals surface area contributed by atoms with Crippen LogP contribution in [-0.4, -0.2) is 28.2 Å². The van der Waals surface area contributed by atoms with Gasteiger partial charge in [-0.05, 0) is 20.3 Å². The predicted molar refractivity (Wildman–Crippen MR) is 128 cm³/mol. The molecule has 0 saturated carbocycles. The van der Waals surface area contributed by atoms with Crippen molar-refractivity contribution in [2.24, 2.45) is 0 Å². The minimum atomic E-state index is -1.43. The van der Waals surface area contributed by atoms with Gasteiger partial charge in [-0.15, -0.1) is 0 Å². The quantitative estimate of drug-likeness (QED) is 0.275. The molecule has 1 aliphatic rings. The maximum atomic E-state index is 12.5. The Labute approximate surface area is 190 Å². The highest BCUT2D eigenvalue weighted by atomic mass is 16.6. The molecule has 0 spiro atoms. The van der Waals surface area contributed by atoms with Gasteiger partial charge >= 0.3 is 6.09 Å². The Hall–Kier alpha value is -1.55. The Balaban J connectivity index is 1.61. The van der Waals surface area contributed by atoms with Crippen LogP contribution in [-0.2, 0) is 10.5 Å². The lowest BCUT2D eigenvalue weighted by Crippen LogP contribution is -2.53. The third-order valence-electron chi connectivity index (χ3n) is 6.70. The van der Waals surface area contributed by atoms with Crippen LogP contribution in [0.2, 0.25) is 0 Å². The maximum Gasteiger partial charge on any atom is 0.413 e. The summed E-state index contributed by atoms with van der Waals surface area (Å²) in [4.78, 5) is 14.0. The van der Waals surface area contributed by atoms with E-state index in [-0.39, 0.29) is 0 Å². The van der Waals surface area contributed by atoms with Crippen molar-refractivity contribution in [3.63, 3.8) is 0 Å². The summed E-state index contributed by atoms with van der Waals surface area (Å²) in [5.41, 5.74) is -1.71. The van der Waals surface area contributed by atoms with Gasteiger partial charge in [0.25, 0.3) is 0 Å². The second-order valence-corrected chi connectivity index (χ2v) is 9.66. The highest BCUT2D eigenvalue weighted by Gasteiger charge is 2.60. The maximum absolute atomic E-state index is 12.5. The fourth-order valence-electron chi connectivity index (χ4n) is 4.69. The van der Waals surface area contributed by atoms with Crippen LogP contribution in [0.3, 0.4) is 0 Å². The Kier molecular flexibility index (Phi) is 10.9. The summed E-state index contributed by atoms with van der Waals surface area (Å²) in [6.45, 7) is 6.35. The van der Waals surface area contributed by atoms with Gasteiger partial charge in [-0.25, -0.2) is 4.79 Å². The van der Waals surface area contributed by atoms with E-state index in [1.807, 2.05) is 30.3 Å². The number of unbranched alkanes of at least 4 members (excludes halogenated alkanes) is 13. The largest absolute Gasteiger partial charge is 0.438 e. The average molecular weight is 432 g/mol. The molecule has 1 aromatic carbocycles. The molecule has 4 heteroatoms. The molecule has 0 radical (unpaired) electrons. The molecule has 4 nitrogen and oxygen atoms in total. The molecule has 1 aromatic rings. The fraction of sp³-hybridized carbons (Fsp3) is 0.741. The summed E-state index contributed by atoms with van der Waals surface area (Å²) in [6.07, 6.45) is 17.7. The van der Waals surface area contributed by atoms with E-state index in [9.17, 15) is 9.90 Å². The number of carbonyl (C=O) groups excluding carboxylic acids is 1. The van der Waals surface area contributed by atoms with Crippen molar-refractivity contribution in [2.45, 2.75) is 122 Å². The van der Waals surface area contributed by atoms with Gasteiger partial charge in [-0.2, -0.15) is 0 Å². The van der Waals surface area contributed by atoms with E-state index in [1.165, 1.54) is 81.9 Å². The number of aliphatic hydroxyl groups is 1. The molecule has 0 aliphatic carbocycles. The van der Waals surface area contributed by atoms with Gasteiger partial charge in [-0.3, -0.25) is 4.90 Å². The average Bonchev–Trinajstić information content (AvgIpc) is 2.93. The number of rotatable bonds is 16. The molecule has 2 rings (SSSR count). The second kappa shape index (κ2) is 13.1. The van der Waals surface area contributed by atoms with Crippen molar-refractivity contribution in [1.29, 1.82) is 0 Å². The predicted octanol–water partition coefficient (Wildman–Crippen LogP) is 7.54. The first-order valence-electron chi connectivity index (χ1n) is 12.7. The van der Waals surface area contributed by atoms with Crippen LogP contribution < -0.4 is 0 Å². The molecule has 1 atom stereocenters. The van der Waals surface area contributed by atoms with E-state index in [4.69, 9.17) is 4.74 Å². The number of amides is 1. The van der Waals surface area contributed by atoms with Crippen molar-refractivity contribution in [1.82, 2.24) is 4.90 Å². The number of nitrogens with zero attached hydrogens (tertiary/aromatic N) is 1. The standard InChI is InChI=1S/C27H45NO3/c1-4-5-6-7-8-9-10-11-12-13-14-15-16-20-23-28-25(29)31-26(2,3)27(28,30)24-21-18-17-19-22-24/h17-19,21-22,30H,4-16,20,23H2,1-3H3. The van der Waals surface area contributed by atoms with Crippen molar-refractivity contribution in [2.75, 3.05) is 6.54 Å².